The number of piperidine rings is 1. The maximum atomic E-state index is 5.61. The zero-order valence-corrected chi connectivity index (χ0v) is 14.6. The highest BCUT2D eigenvalue weighted by molar-refractivity contribution is 5.42. The van der Waals surface area contributed by atoms with Crippen molar-refractivity contribution >= 4 is 0 Å². The summed E-state index contributed by atoms with van der Waals surface area (Å²) in [5.41, 5.74) is 1.28. The largest absolute Gasteiger partial charge is 0.497 e. The SMILES string of the molecule is COc1ccc(OC)c(C2CCCN2CCN2CCCCC2)c1. The molecule has 0 spiro atoms. The molecule has 0 radical (unpaired) electrons. The van der Waals surface area contributed by atoms with E-state index in [0.29, 0.717) is 6.04 Å². The predicted molar refractivity (Wildman–Crippen MR) is 93.4 cm³/mol. The van der Waals surface area contributed by atoms with E-state index >= 15 is 0 Å². The van der Waals surface area contributed by atoms with Crippen LogP contribution in [0.4, 0.5) is 0 Å². The van der Waals surface area contributed by atoms with Crippen molar-refractivity contribution in [3.63, 3.8) is 0 Å². The maximum absolute atomic E-state index is 5.61. The summed E-state index contributed by atoms with van der Waals surface area (Å²) >= 11 is 0. The van der Waals surface area contributed by atoms with E-state index in [1.807, 2.05) is 12.1 Å². The predicted octanol–water partition coefficient (Wildman–Crippen LogP) is 3.33. The Morgan fingerprint density at radius 3 is 2.52 bits per heavy atom. The molecule has 2 aliphatic rings. The monoisotopic (exact) mass is 318 g/mol. The molecule has 4 nitrogen and oxygen atoms in total. The highest BCUT2D eigenvalue weighted by Crippen LogP contribution is 2.38. The third-order valence-corrected chi connectivity index (χ3v) is 5.31. The van der Waals surface area contributed by atoms with Crippen LogP contribution in [0.3, 0.4) is 0 Å². The van der Waals surface area contributed by atoms with Crippen molar-refractivity contribution < 1.29 is 9.47 Å². The van der Waals surface area contributed by atoms with Crippen molar-refractivity contribution in [1.29, 1.82) is 0 Å². The van der Waals surface area contributed by atoms with Gasteiger partial charge in [-0.1, -0.05) is 6.42 Å². The first-order valence-electron chi connectivity index (χ1n) is 9.00. The van der Waals surface area contributed by atoms with E-state index in [0.717, 1.165) is 18.0 Å². The first-order valence-corrected chi connectivity index (χ1v) is 9.00. The molecule has 128 valence electrons. The van der Waals surface area contributed by atoms with Gasteiger partial charge in [0.2, 0.25) is 0 Å². The van der Waals surface area contributed by atoms with Gasteiger partial charge in [0, 0.05) is 24.7 Å². The number of nitrogens with zero attached hydrogens (tertiary/aromatic N) is 2. The Morgan fingerprint density at radius 1 is 0.957 bits per heavy atom. The molecule has 0 amide bonds. The van der Waals surface area contributed by atoms with Crippen molar-refractivity contribution in [2.45, 2.75) is 38.1 Å². The molecule has 0 aromatic heterocycles. The lowest BCUT2D eigenvalue weighted by atomic mass is 10.0. The van der Waals surface area contributed by atoms with Gasteiger partial charge in [-0.15, -0.1) is 0 Å². The van der Waals surface area contributed by atoms with Gasteiger partial charge in [-0.25, -0.2) is 0 Å². The van der Waals surface area contributed by atoms with Gasteiger partial charge >= 0.3 is 0 Å². The van der Waals surface area contributed by atoms with Gasteiger partial charge in [-0.2, -0.15) is 0 Å². The van der Waals surface area contributed by atoms with E-state index in [1.54, 1.807) is 14.2 Å². The number of likely N-dealkylation sites (tertiary alicyclic amines) is 2. The number of hydrogen-bond donors (Lipinski definition) is 0. The molecule has 2 fully saturated rings. The van der Waals surface area contributed by atoms with Crippen molar-refractivity contribution in [3.8, 4) is 11.5 Å². The molecule has 2 heterocycles. The van der Waals surface area contributed by atoms with E-state index in [2.05, 4.69) is 15.9 Å². The molecule has 0 N–H and O–H groups in total. The van der Waals surface area contributed by atoms with E-state index in [9.17, 15) is 0 Å². The van der Waals surface area contributed by atoms with Crippen molar-refractivity contribution in [2.75, 3.05) is 46.9 Å². The molecule has 1 unspecified atom stereocenters. The van der Waals surface area contributed by atoms with E-state index in [4.69, 9.17) is 9.47 Å². The van der Waals surface area contributed by atoms with Crippen LogP contribution in [0.5, 0.6) is 11.5 Å². The van der Waals surface area contributed by atoms with Gasteiger partial charge in [-0.05, 0) is 63.5 Å². The molecular formula is C19H30N2O2. The van der Waals surface area contributed by atoms with Crippen LogP contribution in [0.15, 0.2) is 18.2 Å². The summed E-state index contributed by atoms with van der Waals surface area (Å²) in [6, 6.07) is 6.64. The molecular weight excluding hydrogens is 288 g/mol. The van der Waals surface area contributed by atoms with E-state index in [-0.39, 0.29) is 0 Å². The molecule has 0 saturated carbocycles. The summed E-state index contributed by atoms with van der Waals surface area (Å²) in [6.07, 6.45) is 6.62. The van der Waals surface area contributed by atoms with Crippen LogP contribution >= 0.6 is 0 Å². The summed E-state index contributed by atoms with van der Waals surface area (Å²) < 4.78 is 11.0. The third-order valence-electron chi connectivity index (χ3n) is 5.31. The van der Waals surface area contributed by atoms with E-state index < -0.39 is 0 Å². The second-order valence-electron chi connectivity index (χ2n) is 6.70. The highest BCUT2D eigenvalue weighted by atomic mass is 16.5. The Balaban J connectivity index is 1.68. The Labute approximate surface area is 140 Å². The summed E-state index contributed by atoms with van der Waals surface area (Å²) in [5, 5.41) is 0. The van der Waals surface area contributed by atoms with Gasteiger partial charge in [0.15, 0.2) is 0 Å². The lowest BCUT2D eigenvalue weighted by Gasteiger charge is -2.31. The van der Waals surface area contributed by atoms with Gasteiger partial charge in [0.05, 0.1) is 14.2 Å². The Kier molecular flexibility index (Phi) is 5.79. The fraction of sp³-hybridized carbons (Fsp3) is 0.684. The lowest BCUT2D eigenvalue weighted by Crippen LogP contribution is -2.37. The second kappa shape index (κ2) is 8.02. The average Bonchev–Trinajstić information content (AvgIpc) is 3.08. The molecule has 1 aromatic carbocycles. The molecule has 2 saturated heterocycles. The molecule has 3 rings (SSSR count). The van der Waals surface area contributed by atoms with Crippen LogP contribution in [-0.4, -0.2) is 56.7 Å². The minimum atomic E-state index is 0.463. The highest BCUT2D eigenvalue weighted by Gasteiger charge is 2.29. The van der Waals surface area contributed by atoms with Crippen LogP contribution in [0.1, 0.15) is 43.7 Å². The topological polar surface area (TPSA) is 24.9 Å². The summed E-state index contributed by atoms with van der Waals surface area (Å²) in [6.45, 7) is 6.11. The molecule has 0 bridgehead atoms. The van der Waals surface area contributed by atoms with Gasteiger partial charge < -0.3 is 14.4 Å². The smallest absolute Gasteiger partial charge is 0.123 e. The van der Waals surface area contributed by atoms with Crippen molar-refractivity contribution in [1.82, 2.24) is 9.80 Å². The number of benzene rings is 1. The van der Waals surface area contributed by atoms with Gasteiger partial charge in [0.1, 0.15) is 11.5 Å². The maximum Gasteiger partial charge on any atom is 0.123 e. The first-order chi connectivity index (χ1) is 11.3. The van der Waals surface area contributed by atoms with Crippen LogP contribution in [0.2, 0.25) is 0 Å². The first kappa shape index (κ1) is 16.6. The van der Waals surface area contributed by atoms with Crippen LogP contribution in [0.25, 0.3) is 0 Å². The minimum absolute atomic E-state index is 0.463. The fourth-order valence-corrected chi connectivity index (χ4v) is 4.00. The fourth-order valence-electron chi connectivity index (χ4n) is 4.00. The minimum Gasteiger partial charge on any atom is -0.497 e. The van der Waals surface area contributed by atoms with Crippen LogP contribution < -0.4 is 9.47 Å². The summed E-state index contributed by atoms with van der Waals surface area (Å²) in [4.78, 5) is 5.26. The quantitative estimate of drug-likeness (QED) is 0.803. The summed E-state index contributed by atoms with van der Waals surface area (Å²) in [7, 11) is 3.49. The normalized spacial score (nSPS) is 23.1. The molecule has 0 aliphatic carbocycles. The Hall–Kier alpha value is -1.26. The molecule has 4 heteroatoms. The zero-order chi connectivity index (χ0) is 16.1. The Bertz CT molecular complexity index is 500. The zero-order valence-electron chi connectivity index (χ0n) is 14.6. The molecule has 23 heavy (non-hydrogen) atoms. The van der Waals surface area contributed by atoms with Crippen LogP contribution in [0, 0.1) is 0 Å². The van der Waals surface area contributed by atoms with E-state index in [1.165, 1.54) is 63.8 Å². The number of methoxy groups -OCH3 is 2. The Morgan fingerprint density at radius 2 is 1.78 bits per heavy atom. The molecule has 2 aliphatic heterocycles. The van der Waals surface area contributed by atoms with Gasteiger partial charge in [0.25, 0.3) is 0 Å². The van der Waals surface area contributed by atoms with Crippen LogP contribution in [-0.2, 0) is 0 Å². The van der Waals surface area contributed by atoms with Gasteiger partial charge in [-0.3, -0.25) is 4.90 Å². The number of hydrogen-bond acceptors (Lipinski definition) is 4. The molecule has 1 aromatic rings. The summed E-state index contributed by atoms with van der Waals surface area (Å²) in [5.74, 6) is 1.91. The number of ether oxygens (including phenoxy) is 2. The number of rotatable bonds is 6. The van der Waals surface area contributed by atoms with Crippen molar-refractivity contribution in [3.05, 3.63) is 23.8 Å². The lowest BCUT2D eigenvalue weighted by molar-refractivity contribution is 0.173. The van der Waals surface area contributed by atoms with Crippen molar-refractivity contribution in [2.24, 2.45) is 0 Å². The second-order valence-corrected chi connectivity index (χ2v) is 6.70. The third kappa shape index (κ3) is 3.99. The molecule has 1 atom stereocenters. The standard InChI is InChI=1S/C19H30N2O2/c1-22-16-8-9-19(23-2)17(15-16)18-7-6-12-21(18)14-13-20-10-4-3-5-11-20/h8-9,15,18H,3-7,10-14H2,1-2H3. The average molecular weight is 318 g/mol.